The second-order valence-electron chi connectivity index (χ2n) is 8.99. The molecule has 1 amide bonds. The number of piperidine rings is 1. The molecule has 0 unspecified atom stereocenters. The number of anilines is 1. The Morgan fingerprint density at radius 1 is 1.03 bits per heavy atom. The number of aromatic nitrogens is 3. The molecule has 4 heterocycles. The molecule has 2 aliphatic rings. The number of carbonyl (C=O) groups excluding carboxylic acids is 1. The van der Waals surface area contributed by atoms with Crippen molar-refractivity contribution >= 4 is 22.6 Å². The van der Waals surface area contributed by atoms with Crippen molar-refractivity contribution in [3.63, 3.8) is 0 Å². The van der Waals surface area contributed by atoms with E-state index in [0.717, 1.165) is 17.8 Å². The Kier molecular flexibility index (Phi) is 6.13. The van der Waals surface area contributed by atoms with Crippen LogP contribution in [-0.2, 0) is 0 Å². The fourth-order valence-corrected chi connectivity index (χ4v) is 4.72. The first-order valence-electron chi connectivity index (χ1n) is 11.5. The third-order valence-electron chi connectivity index (χ3n) is 6.53. The summed E-state index contributed by atoms with van der Waals surface area (Å²) in [5.41, 5.74) is 2.80. The molecule has 0 atom stereocenters. The molecule has 1 aromatic carbocycles. The van der Waals surface area contributed by atoms with Gasteiger partial charge in [-0.15, -0.1) is 13.2 Å². The number of halogens is 5. The third kappa shape index (κ3) is 5.17. The van der Waals surface area contributed by atoms with Gasteiger partial charge in [0.25, 0.3) is 11.8 Å². The Morgan fingerprint density at radius 2 is 1.75 bits per heavy atom. The number of alkyl halides is 5. The molecule has 5 rings (SSSR count). The van der Waals surface area contributed by atoms with E-state index in [1.54, 1.807) is 22.1 Å². The molecule has 0 radical (unpaired) electrons. The average Bonchev–Trinajstić information content (AvgIpc) is 3.22. The normalized spacial score (nSPS) is 18.6. The first-order valence-corrected chi connectivity index (χ1v) is 11.5. The number of carbonyl (C=O) groups is 1. The summed E-state index contributed by atoms with van der Waals surface area (Å²) in [5.74, 6) is -3.35. The molecule has 190 valence electrons. The predicted molar refractivity (Wildman–Crippen MR) is 120 cm³/mol. The Bertz CT molecular complexity index is 1260. The van der Waals surface area contributed by atoms with Crippen LogP contribution in [0.4, 0.5) is 27.6 Å². The standard InChI is InChI=1S/C24H22F5N5O2/c25-23(26)7-10-34(13-23)17-11-19-21(30-12-17)20(32-14-31-19)15-5-8-33(9-6-15)22(35)16-1-3-18(4-2-16)36-24(27,28)29/h1-4,11-12,14-15H,5-10,13H2. The summed E-state index contributed by atoms with van der Waals surface area (Å²) in [6.45, 7) is 0.791. The van der Waals surface area contributed by atoms with Gasteiger partial charge in [0, 0.05) is 37.5 Å². The van der Waals surface area contributed by atoms with Crippen molar-refractivity contribution in [2.45, 2.75) is 37.5 Å². The van der Waals surface area contributed by atoms with Gasteiger partial charge >= 0.3 is 6.36 Å². The summed E-state index contributed by atoms with van der Waals surface area (Å²) in [5, 5.41) is 0. The molecule has 7 nitrogen and oxygen atoms in total. The zero-order valence-electron chi connectivity index (χ0n) is 19.0. The number of pyridine rings is 1. The Morgan fingerprint density at radius 3 is 2.39 bits per heavy atom. The van der Waals surface area contributed by atoms with Crippen LogP contribution in [0.1, 0.15) is 41.2 Å². The van der Waals surface area contributed by atoms with E-state index in [-0.39, 0.29) is 42.6 Å². The van der Waals surface area contributed by atoms with Crippen molar-refractivity contribution in [3.05, 3.63) is 54.1 Å². The molecule has 36 heavy (non-hydrogen) atoms. The van der Waals surface area contributed by atoms with Crippen LogP contribution in [0, 0.1) is 0 Å². The van der Waals surface area contributed by atoms with Gasteiger partial charge in [-0.1, -0.05) is 0 Å². The first kappa shape index (κ1) is 24.1. The lowest BCUT2D eigenvalue weighted by Gasteiger charge is -2.32. The fraction of sp³-hybridized carbons (Fsp3) is 0.417. The third-order valence-corrected chi connectivity index (χ3v) is 6.53. The summed E-state index contributed by atoms with van der Waals surface area (Å²) < 4.78 is 68.1. The summed E-state index contributed by atoms with van der Waals surface area (Å²) in [6.07, 6.45) is -0.740. The molecule has 0 aliphatic carbocycles. The van der Waals surface area contributed by atoms with Crippen LogP contribution in [0.3, 0.4) is 0 Å². The minimum atomic E-state index is -4.79. The van der Waals surface area contributed by atoms with Crippen LogP contribution in [0.2, 0.25) is 0 Å². The van der Waals surface area contributed by atoms with Gasteiger partial charge in [-0.2, -0.15) is 0 Å². The number of nitrogens with zero attached hydrogens (tertiary/aromatic N) is 5. The zero-order valence-corrected chi connectivity index (χ0v) is 19.0. The van der Waals surface area contributed by atoms with Crippen molar-refractivity contribution in [2.24, 2.45) is 0 Å². The monoisotopic (exact) mass is 507 g/mol. The van der Waals surface area contributed by atoms with Gasteiger partial charge in [-0.05, 0) is 43.2 Å². The SMILES string of the molecule is O=C(c1ccc(OC(F)(F)F)cc1)N1CCC(c2ncnc3cc(N4CCC(F)(F)C4)cnc23)CC1. The molecule has 2 fully saturated rings. The molecule has 0 saturated carbocycles. The minimum Gasteiger partial charge on any atom is -0.406 e. The Labute approximate surface area is 202 Å². The van der Waals surface area contributed by atoms with Crippen molar-refractivity contribution < 1.29 is 31.5 Å². The summed E-state index contributed by atoms with van der Waals surface area (Å²) in [4.78, 5) is 29.3. The topological polar surface area (TPSA) is 71.5 Å². The Hall–Kier alpha value is -3.57. The molecular formula is C24H22F5N5O2. The molecule has 12 heteroatoms. The van der Waals surface area contributed by atoms with Gasteiger partial charge < -0.3 is 14.5 Å². The number of likely N-dealkylation sites (tertiary alicyclic amines) is 1. The molecule has 2 aliphatic heterocycles. The predicted octanol–water partition coefficient (Wildman–Crippen LogP) is 4.79. The van der Waals surface area contributed by atoms with Gasteiger partial charge in [-0.25, -0.2) is 18.7 Å². The number of benzene rings is 1. The minimum absolute atomic E-state index is 0.0246. The highest BCUT2D eigenvalue weighted by atomic mass is 19.4. The zero-order chi connectivity index (χ0) is 25.5. The molecule has 2 saturated heterocycles. The molecule has 0 N–H and O–H groups in total. The highest BCUT2D eigenvalue weighted by Gasteiger charge is 2.38. The van der Waals surface area contributed by atoms with E-state index in [2.05, 4.69) is 19.7 Å². The fourth-order valence-electron chi connectivity index (χ4n) is 4.72. The lowest BCUT2D eigenvalue weighted by molar-refractivity contribution is -0.274. The van der Waals surface area contributed by atoms with Crippen LogP contribution >= 0.6 is 0 Å². The molecule has 2 aromatic heterocycles. The number of amides is 1. The lowest BCUT2D eigenvalue weighted by Crippen LogP contribution is -2.38. The van der Waals surface area contributed by atoms with E-state index in [1.165, 1.54) is 18.5 Å². The summed E-state index contributed by atoms with van der Waals surface area (Å²) >= 11 is 0. The molecule has 0 bridgehead atoms. The van der Waals surface area contributed by atoms with E-state index in [9.17, 15) is 26.7 Å². The van der Waals surface area contributed by atoms with E-state index in [0.29, 0.717) is 42.7 Å². The van der Waals surface area contributed by atoms with E-state index < -0.39 is 12.3 Å². The van der Waals surface area contributed by atoms with Crippen molar-refractivity contribution in [3.8, 4) is 5.75 Å². The molecule has 0 spiro atoms. The van der Waals surface area contributed by atoms with Crippen LogP contribution in [0.15, 0.2) is 42.9 Å². The number of hydrogen-bond donors (Lipinski definition) is 0. The average molecular weight is 507 g/mol. The van der Waals surface area contributed by atoms with Gasteiger partial charge in [0.1, 0.15) is 17.6 Å². The van der Waals surface area contributed by atoms with Crippen molar-refractivity contribution in [1.29, 1.82) is 0 Å². The van der Waals surface area contributed by atoms with E-state index in [4.69, 9.17) is 0 Å². The summed E-state index contributed by atoms with van der Waals surface area (Å²) in [6, 6.07) is 6.60. The number of fused-ring (bicyclic) bond motifs is 1. The molecule has 3 aromatic rings. The maximum Gasteiger partial charge on any atom is 0.573 e. The largest absolute Gasteiger partial charge is 0.573 e. The maximum absolute atomic E-state index is 13.6. The number of ether oxygens (including phenoxy) is 1. The molecular weight excluding hydrogens is 485 g/mol. The van der Waals surface area contributed by atoms with Crippen LogP contribution < -0.4 is 9.64 Å². The van der Waals surface area contributed by atoms with Crippen molar-refractivity contribution in [2.75, 3.05) is 31.1 Å². The van der Waals surface area contributed by atoms with Gasteiger partial charge in [0.05, 0.1) is 29.6 Å². The highest BCUT2D eigenvalue weighted by molar-refractivity contribution is 5.94. The quantitative estimate of drug-likeness (QED) is 0.473. The van der Waals surface area contributed by atoms with Crippen LogP contribution in [-0.4, -0.2) is 64.2 Å². The van der Waals surface area contributed by atoms with E-state index in [1.807, 2.05) is 0 Å². The second-order valence-corrected chi connectivity index (χ2v) is 8.99. The number of rotatable bonds is 4. The highest BCUT2D eigenvalue weighted by Crippen LogP contribution is 2.34. The Balaban J connectivity index is 1.25. The second kappa shape index (κ2) is 9.14. The lowest BCUT2D eigenvalue weighted by atomic mass is 9.92. The van der Waals surface area contributed by atoms with Crippen LogP contribution in [0.5, 0.6) is 5.75 Å². The van der Waals surface area contributed by atoms with E-state index >= 15 is 0 Å². The van der Waals surface area contributed by atoms with Crippen molar-refractivity contribution in [1.82, 2.24) is 19.9 Å². The maximum atomic E-state index is 13.6. The van der Waals surface area contributed by atoms with Gasteiger partial charge in [-0.3, -0.25) is 9.78 Å². The smallest absolute Gasteiger partial charge is 0.406 e. The van der Waals surface area contributed by atoms with Gasteiger partial charge in [0.2, 0.25) is 0 Å². The van der Waals surface area contributed by atoms with Crippen LogP contribution in [0.25, 0.3) is 11.0 Å². The first-order chi connectivity index (χ1) is 17.1. The van der Waals surface area contributed by atoms with Gasteiger partial charge in [0.15, 0.2) is 0 Å². The summed E-state index contributed by atoms with van der Waals surface area (Å²) in [7, 11) is 0. The number of hydrogen-bond acceptors (Lipinski definition) is 6.